The van der Waals surface area contributed by atoms with Crippen LogP contribution in [0.4, 0.5) is 5.69 Å². The van der Waals surface area contributed by atoms with E-state index in [9.17, 15) is 0 Å². The maximum atomic E-state index is 6.98. The zero-order valence-electron chi connectivity index (χ0n) is 57.5. The van der Waals surface area contributed by atoms with E-state index in [1.807, 2.05) is 0 Å². The fourth-order valence-corrected chi connectivity index (χ4v) is 10.4. The molecule has 4 aromatic carbocycles. The van der Waals surface area contributed by atoms with E-state index >= 15 is 0 Å². The Hall–Kier alpha value is -5.14. The second-order valence-corrected chi connectivity index (χ2v) is 29.0. The van der Waals surface area contributed by atoms with Crippen molar-refractivity contribution < 1.29 is 0 Å². The summed E-state index contributed by atoms with van der Waals surface area (Å²) in [6.45, 7) is 65.2. The predicted molar refractivity (Wildman–Crippen MR) is 375 cm³/mol. The molecule has 4 aromatic rings. The van der Waals surface area contributed by atoms with Gasteiger partial charge in [0.1, 0.15) is 0 Å². The average molecular weight is 1110 g/mol. The summed E-state index contributed by atoms with van der Waals surface area (Å²) in [6.07, 6.45) is 28.3. The minimum Gasteiger partial charge on any atom is -0.398 e. The van der Waals surface area contributed by atoms with Crippen LogP contribution >= 0.6 is 0 Å². The average Bonchev–Trinajstić information content (AvgIpc) is 3.41. The Morgan fingerprint density at radius 2 is 1.01 bits per heavy atom. The van der Waals surface area contributed by atoms with Gasteiger partial charge in [-0.3, -0.25) is 0 Å². The summed E-state index contributed by atoms with van der Waals surface area (Å²) in [7, 11) is 0. The third-order valence-electron chi connectivity index (χ3n) is 17.3. The summed E-state index contributed by atoms with van der Waals surface area (Å²) in [5, 5.41) is 0. The van der Waals surface area contributed by atoms with Gasteiger partial charge in [-0.05, 0) is 176 Å². The number of anilines is 1. The van der Waals surface area contributed by atoms with E-state index in [0.29, 0.717) is 0 Å². The first-order valence-corrected chi connectivity index (χ1v) is 32.1. The van der Waals surface area contributed by atoms with Crippen LogP contribution in [0.5, 0.6) is 0 Å². The first-order valence-electron chi connectivity index (χ1n) is 32.1. The van der Waals surface area contributed by atoms with Gasteiger partial charge in [0.15, 0.2) is 0 Å². The monoisotopic (exact) mass is 1110 g/mol. The van der Waals surface area contributed by atoms with Gasteiger partial charge in [-0.15, -0.1) is 0 Å². The van der Waals surface area contributed by atoms with Gasteiger partial charge in [-0.1, -0.05) is 324 Å². The van der Waals surface area contributed by atoms with Gasteiger partial charge in [-0.25, -0.2) is 0 Å². The normalized spacial score (nSPS) is 13.1. The highest BCUT2D eigenvalue weighted by molar-refractivity contribution is 5.78. The zero-order chi connectivity index (χ0) is 62.4. The van der Waals surface area contributed by atoms with Gasteiger partial charge in [0.05, 0.1) is 0 Å². The topological polar surface area (TPSA) is 26.0 Å². The molecule has 0 aliphatic heterocycles. The van der Waals surface area contributed by atoms with Gasteiger partial charge in [0.2, 0.25) is 0 Å². The molecule has 82 heavy (non-hydrogen) atoms. The lowest BCUT2D eigenvalue weighted by atomic mass is 9.68. The molecule has 0 saturated carbocycles. The van der Waals surface area contributed by atoms with Crippen molar-refractivity contribution in [1.29, 1.82) is 0 Å². The molecule has 0 spiro atoms. The molecule has 0 amide bonds. The van der Waals surface area contributed by atoms with Crippen molar-refractivity contribution >= 4 is 28.0 Å². The lowest BCUT2D eigenvalue weighted by molar-refractivity contribution is 0.322. The molecular weight excluding hydrogens is 987 g/mol. The molecule has 0 aliphatic carbocycles. The number of nitrogens with two attached hydrogens (primary N) is 1. The summed E-state index contributed by atoms with van der Waals surface area (Å²) < 4.78 is 0. The molecular formula is C81H123N. The molecule has 1 nitrogen and oxygen atoms in total. The van der Waals surface area contributed by atoms with Crippen LogP contribution in [0.3, 0.4) is 0 Å². The van der Waals surface area contributed by atoms with Crippen molar-refractivity contribution in [3.63, 3.8) is 0 Å². The Morgan fingerprint density at radius 3 is 1.48 bits per heavy atom. The van der Waals surface area contributed by atoms with Crippen LogP contribution in [-0.2, 0) is 28.1 Å². The SMILES string of the molecule is C=C(/C=C\C(=C)C(C)(C)C)c1ccc(/C(C)=C/CC(C)(C)c2ccc(/C(C)=C/C=C(\C)C(C)(C)C)c(C)c2N)cc1C(CC)(CCCCCC)CCCCCC.C=C(Cc1ccc(C(C)(C)C)cc1)c1ccc(C(C)(C)C)cc1.CCC. The van der Waals surface area contributed by atoms with E-state index in [1.165, 1.54) is 149 Å². The minimum absolute atomic E-state index is 0.0228. The second-order valence-electron chi connectivity index (χ2n) is 29.0. The summed E-state index contributed by atoms with van der Waals surface area (Å²) in [4.78, 5) is 0. The van der Waals surface area contributed by atoms with E-state index < -0.39 is 0 Å². The largest absolute Gasteiger partial charge is 0.398 e. The number of nitrogen functional groups attached to an aromatic ring is 1. The van der Waals surface area contributed by atoms with E-state index in [1.54, 1.807) is 0 Å². The quantitative estimate of drug-likeness (QED) is 0.0422. The summed E-state index contributed by atoms with van der Waals surface area (Å²) >= 11 is 0. The minimum atomic E-state index is -0.127. The molecule has 0 bridgehead atoms. The molecule has 0 heterocycles. The molecule has 0 saturated heterocycles. The molecule has 0 aliphatic rings. The number of unbranched alkanes of at least 4 members (excludes halogenated alkanes) is 6. The molecule has 0 aromatic heterocycles. The first kappa shape index (κ1) is 73.0. The van der Waals surface area contributed by atoms with Crippen molar-refractivity contribution in [2.45, 2.75) is 271 Å². The van der Waals surface area contributed by atoms with Gasteiger partial charge in [0.25, 0.3) is 0 Å². The molecule has 0 atom stereocenters. The fraction of sp³-hybridized carbons (Fsp3) is 0.531. The number of hydrogen-bond donors (Lipinski definition) is 1. The Labute approximate surface area is 508 Å². The number of rotatable bonds is 24. The molecule has 0 radical (unpaired) electrons. The standard InChI is InChI=1S/C55H85N.C23H30.C3H8/c1-18-21-23-25-36-55(20-3,37-26-24-22-19-2)50-39-46(31-32-48(50)42(6)28-30-44(8)53(13,14)15)40(4)35-38-54(16,17)49-34-33-47(45(9)51(49)56)41(5)27-29-43(7)52(10,11)12;1-17(19-10-14-21(15-11-19)23(5,6)7)16-18-8-12-20(13-9-18)22(2,3)4;1-3-2/h27-35,39H,6,8,18-26,36-38,56H2,1-5,7,9-17H3;8-15H,1,16H2,2-7H3;3H2,1-2H3/b30-28-,40-35+,41-27+,43-29+;;. The third kappa shape index (κ3) is 22.8. The molecule has 0 fully saturated rings. The Kier molecular flexibility index (Phi) is 29.2. The number of allylic oxidation sites excluding steroid dienone is 11. The van der Waals surface area contributed by atoms with Gasteiger partial charge < -0.3 is 5.73 Å². The number of benzene rings is 4. The molecule has 4 rings (SSSR count). The Balaban J connectivity index is 0.000000726. The highest BCUT2D eigenvalue weighted by Crippen LogP contribution is 2.45. The van der Waals surface area contributed by atoms with Crippen LogP contribution in [0.2, 0.25) is 0 Å². The van der Waals surface area contributed by atoms with E-state index in [4.69, 9.17) is 5.73 Å². The van der Waals surface area contributed by atoms with Crippen molar-refractivity contribution in [3.8, 4) is 0 Å². The maximum Gasteiger partial charge on any atom is 0.0388 e. The Morgan fingerprint density at radius 1 is 0.524 bits per heavy atom. The second kappa shape index (κ2) is 32.8. The van der Waals surface area contributed by atoms with Gasteiger partial charge >= 0.3 is 0 Å². The fourth-order valence-electron chi connectivity index (χ4n) is 10.4. The zero-order valence-corrected chi connectivity index (χ0v) is 57.5. The van der Waals surface area contributed by atoms with Crippen LogP contribution < -0.4 is 5.73 Å². The van der Waals surface area contributed by atoms with Crippen LogP contribution in [-0.4, -0.2) is 0 Å². The highest BCUT2D eigenvalue weighted by atomic mass is 14.6. The van der Waals surface area contributed by atoms with Crippen molar-refractivity contribution in [2.75, 3.05) is 5.73 Å². The molecule has 452 valence electrons. The third-order valence-corrected chi connectivity index (χ3v) is 17.3. The molecule has 0 unspecified atom stereocenters. The van der Waals surface area contributed by atoms with E-state index in [-0.39, 0.29) is 32.5 Å². The summed E-state index contributed by atoms with van der Waals surface area (Å²) in [5.74, 6) is 0. The molecule has 1 heteroatoms. The highest BCUT2D eigenvalue weighted by Gasteiger charge is 2.33. The molecule has 2 N–H and O–H groups in total. The van der Waals surface area contributed by atoms with Crippen LogP contribution in [0.1, 0.15) is 291 Å². The lowest BCUT2D eigenvalue weighted by Crippen LogP contribution is -2.27. The van der Waals surface area contributed by atoms with Crippen LogP contribution in [0, 0.1) is 17.8 Å². The van der Waals surface area contributed by atoms with E-state index in [2.05, 4.69) is 288 Å². The van der Waals surface area contributed by atoms with Gasteiger partial charge in [-0.2, -0.15) is 0 Å². The maximum absolute atomic E-state index is 6.98. The van der Waals surface area contributed by atoms with Crippen LogP contribution in [0.25, 0.3) is 22.3 Å². The summed E-state index contributed by atoms with van der Waals surface area (Å²) in [5.41, 5.74) is 28.8. The smallest absolute Gasteiger partial charge is 0.0388 e. The van der Waals surface area contributed by atoms with Gasteiger partial charge in [0, 0.05) is 5.69 Å². The first-order chi connectivity index (χ1) is 38.0. The Bertz CT molecular complexity index is 2740. The van der Waals surface area contributed by atoms with Crippen molar-refractivity contribution in [2.24, 2.45) is 10.8 Å². The summed E-state index contributed by atoms with van der Waals surface area (Å²) in [6, 6.07) is 29.6. The lowest BCUT2D eigenvalue weighted by Gasteiger charge is -2.37. The van der Waals surface area contributed by atoms with Crippen LogP contribution in [0.15, 0.2) is 140 Å². The predicted octanol–water partition coefficient (Wildman–Crippen LogP) is 25.5. The van der Waals surface area contributed by atoms with Crippen molar-refractivity contribution in [1.82, 2.24) is 0 Å². The number of hydrogen-bond acceptors (Lipinski definition) is 1. The van der Waals surface area contributed by atoms with E-state index in [0.717, 1.165) is 36.1 Å². The van der Waals surface area contributed by atoms with Crippen molar-refractivity contribution in [3.05, 3.63) is 196 Å².